The number of nitrogens with zero attached hydrogens (tertiary/aromatic N) is 2. The first-order chi connectivity index (χ1) is 17.0. The molecule has 1 atom stereocenters. The standard InChI is InChI=1S/C29H32N2O3S/c1-6-21-19(3)35-28-22(21)15-16-31(26(28)20-11-8-7-9-12-20)17-24-18(2)34-29(30-24)23-13-10-14-25(32-4)27(23)33-5/h7-14,26H,6,15-17H2,1-5H3/t26-/m1/s1. The van der Waals surface area contributed by atoms with Crippen molar-refractivity contribution in [2.75, 3.05) is 20.8 Å². The second kappa shape index (κ2) is 9.88. The van der Waals surface area contributed by atoms with Gasteiger partial charge in [-0.3, -0.25) is 4.90 Å². The normalized spacial score (nSPS) is 15.7. The molecule has 0 saturated carbocycles. The zero-order valence-corrected chi connectivity index (χ0v) is 21.9. The maximum absolute atomic E-state index is 6.16. The smallest absolute Gasteiger partial charge is 0.230 e. The summed E-state index contributed by atoms with van der Waals surface area (Å²) < 4.78 is 17.3. The van der Waals surface area contributed by atoms with Gasteiger partial charge in [-0.25, -0.2) is 4.98 Å². The highest BCUT2D eigenvalue weighted by Gasteiger charge is 2.33. The maximum Gasteiger partial charge on any atom is 0.230 e. The predicted octanol–water partition coefficient (Wildman–Crippen LogP) is 6.75. The van der Waals surface area contributed by atoms with E-state index < -0.39 is 0 Å². The summed E-state index contributed by atoms with van der Waals surface area (Å²) in [4.78, 5) is 10.4. The molecular weight excluding hydrogens is 456 g/mol. The van der Waals surface area contributed by atoms with Crippen molar-refractivity contribution in [3.63, 3.8) is 0 Å². The lowest BCUT2D eigenvalue weighted by Gasteiger charge is -2.36. The number of benzene rings is 2. The molecule has 0 bridgehead atoms. The average Bonchev–Trinajstić information content (AvgIpc) is 3.41. The predicted molar refractivity (Wildman–Crippen MR) is 141 cm³/mol. The number of para-hydroxylation sites is 1. The first-order valence-corrected chi connectivity index (χ1v) is 12.9. The van der Waals surface area contributed by atoms with Crippen LogP contribution < -0.4 is 9.47 Å². The van der Waals surface area contributed by atoms with Crippen LogP contribution in [0.2, 0.25) is 0 Å². The molecule has 0 saturated heterocycles. The summed E-state index contributed by atoms with van der Waals surface area (Å²) in [5, 5.41) is 0. The number of ether oxygens (including phenoxy) is 2. The number of rotatable bonds is 7. The molecule has 1 aliphatic heterocycles. The Morgan fingerprint density at radius 1 is 1.06 bits per heavy atom. The molecule has 0 aliphatic carbocycles. The van der Waals surface area contributed by atoms with Crippen LogP contribution in [-0.4, -0.2) is 30.6 Å². The highest BCUT2D eigenvalue weighted by Crippen LogP contribution is 2.44. The summed E-state index contributed by atoms with van der Waals surface area (Å²) in [6.45, 7) is 8.24. The second-order valence-electron chi connectivity index (χ2n) is 8.93. The van der Waals surface area contributed by atoms with Gasteiger partial charge in [-0.2, -0.15) is 0 Å². The van der Waals surface area contributed by atoms with E-state index in [1.54, 1.807) is 19.8 Å². The largest absolute Gasteiger partial charge is 0.493 e. The van der Waals surface area contributed by atoms with Crippen LogP contribution in [0.25, 0.3) is 11.5 Å². The summed E-state index contributed by atoms with van der Waals surface area (Å²) in [7, 11) is 3.28. The Balaban J connectivity index is 1.52. The summed E-state index contributed by atoms with van der Waals surface area (Å²) in [5.41, 5.74) is 6.17. The third-order valence-corrected chi connectivity index (χ3v) is 8.20. The average molecular weight is 489 g/mol. The number of aryl methyl sites for hydroxylation is 2. The van der Waals surface area contributed by atoms with Gasteiger partial charge in [-0.1, -0.05) is 43.3 Å². The molecule has 0 fully saturated rings. The van der Waals surface area contributed by atoms with Gasteiger partial charge >= 0.3 is 0 Å². The van der Waals surface area contributed by atoms with Gasteiger partial charge in [0, 0.05) is 22.8 Å². The van der Waals surface area contributed by atoms with E-state index in [-0.39, 0.29) is 6.04 Å². The Morgan fingerprint density at radius 2 is 1.86 bits per heavy atom. The Morgan fingerprint density at radius 3 is 2.57 bits per heavy atom. The zero-order chi connectivity index (χ0) is 24.5. The molecule has 1 aliphatic rings. The number of aromatic nitrogens is 1. The molecule has 0 amide bonds. The third-order valence-electron chi connectivity index (χ3n) is 6.96. The molecule has 0 spiro atoms. The molecule has 2 aromatic carbocycles. The van der Waals surface area contributed by atoms with Crippen molar-refractivity contribution in [3.05, 3.63) is 86.4 Å². The molecule has 35 heavy (non-hydrogen) atoms. The van der Waals surface area contributed by atoms with Gasteiger partial charge in [0.2, 0.25) is 5.89 Å². The van der Waals surface area contributed by atoms with Crippen molar-refractivity contribution < 1.29 is 13.9 Å². The van der Waals surface area contributed by atoms with E-state index in [0.717, 1.165) is 42.9 Å². The van der Waals surface area contributed by atoms with Crippen LogP contribution in [0.4, 0.5) is 0 Å². The number of hydrogen-bond donors (Lipinski definition) is 0. The fourth-order valence-electron chi connectivity index (χ4n) is 5.26. The molecule has 182 valence electrons. The van der Waals surface area contributed by atoms with Crippen LogP contribution in [0.3, 0.4) is 0 Å². The number of oxazole rings is 1. The minimum atomic E-state index is 0.217. The Labute approximate surface area is 211 Å². The molecule has 6 heteroatoms. The van der Waals surface area contributed by atoms with Crippen molar-refractivity contribution in [2.45, 2.75) is 46.2 Å². The first-order valence-electron chi connectivity index (χ1n) is 12.1. The van der Waals surface area contributed by atoms with Crippen molar-refractivity contribution in [1.29, 1.82) is 0 Å². The second-order valence-corrected chi connectivity index (χ2v) is 10.2. The maximum atomic E-state index is 6.16. The van der Waals surface area contributed by atoms with E-state index in [1.165, 1.54) is 20.9 Å². The lowest BCUT2D eigenvalue weighted by molar-refractivity contribution is 0.204. The van der Waals surface area contributed by atoms with E-state index in [9.17, 15) is 0 Å². The minimum absolute atomic E-state index is 0.217. The fourth-order valence-corrected chi connectivity index (χ4v) is 6.73. The molecule has 0 unspecified atom stereocenters. The monoisotopic (exact) mass is 488 g/mol. The molecule has 4 aromatic rings. The highest BCUT2D eigenvalue weighted by atomic mass is 32.1. The summed E-state index contributed by atoms with van der Waals surface area (Å²) >= 11 is 1.96. The molecule has 2 aromatic heterocycles. The van der Waals surface area contributed by atoms with E-state index in [4.69, 9.17) is 18.9 Å². The minimum Gasteiger partial charge on any atom is -0.493 e. The van der Waals surface area contributed by atoms with Crippen molar-refractivity contribution in [1.82, 2.24) is 9.88 Å². The summed E-state index contributed by atoms with van der Waals surface area (Å²) in [5.74, 6) is 2.69. The summed E-state index contributed by atoms with van der Waals surface area (Å²) in [6, 6.07) is 16.8. The Hall–Kier alpha value is -3.09. The fraction of sp³-hybridized carbons (Fsp3) is 0.345. The summed E-state index contributed by atoms with van der Waals surface area (Å²) in [6.07, 6.45) is 2.16. The third kappa shape index (κ3) is 4.26. The lowest BCUT2D eigenvalue weighted by atomic mass is 9.91. The topological polar surface area (TPSA) is 47.7 Å². The highest BCUT2D eigenvalue weighted by molar-refractivity contribution is 7.12. The SMILES string of the molecule is CCc1c(C)sc2c1CCN(Cc1nc(-c3cccc(OC)c3OC)oc1C)[C@@H]2c1ccccc1. The van der Waals surface area contributed by atoms with Crippen LogP contribution in [0, 0.1) is 13.8 Å². The first kappa shape index (κ1) is 23.6. The zero-order valence-electron chi connectivity index (χ0n) is 21.1. The molecule has 5 rings (SSSR count). The van der Waals surface area contributed by atoms with E-state index in [0.29, 0.717) is 17.4 Å². The van der Waals surface area contributed by atoms with Gasteiger partial charge in [0.05, 0.1) is 31.5 Å². The van der Waals surface area contributed by atoms with Crippen molar-refractivity contribution in [2.24, 2.45) is 0 Å². The Bertz CT molecular complexity index is 1330. The molecule has 0 N–H and O–H groups in total. The molecule has 3 heterocycles. The molecule has 5 nitrogen and oxygen atoms in total. The van der Waals surface area contributed by atoms with Crippen LogP contribution >= 0.6 is 11.3 Å². The van der Waals surface area contributed by atoms with E-state index >= 15 is 0 Å². The number of hydrogen-bond acceptors (Lipinski definition) is 6. The van der Waals surface area contributed by atoms with Crippen LogP contribution in [0.1, 0.15) is 50.9 Å². The van der Waals surface area contributed by atoms with Gasteiger partial charge in [0.1, 0.15) is 5.76 Å². The lowest BCUT2D eigenvalue weighted by Crippen LogP contribution is -2.35. The van der Waals surface area contributed by atoms with Gasteiger partial charge in [0.15, 0.2) is 11.5 Å². The Kier molecular flexibility index (Phi) is 6.67. The van der Waals surface area contributed by atoms with E-state index in [2.05, 4.69) is 49.1 Å². The van der Waals surface area contributed by atoms with Gasteiger partial charge in [-0.15, -0.1) is 11.3 Å². The van der Waals surface area contributed by atoms with Crippen LogP contribution in [-0.2, 0) is 19.4 Å². The van der Waals surface area contributed by atoms with E-state index in [1.807, 2.05) is 36.5 Å². The molecular formula is C29H32N2O3S. The van der Waals surface area contributed by atoms with Crippen LogP contribution in [0.15, 0.2) is 52.9 Å². The number of fused-ring (bicyclic) bond motifs is 1. The van der Waals surface area contributed by atoms with Crippen LogP contribution in [0.5, 0.6) is 11.5 Å². The number of methoxy groups -OCH3 is 2. The van der Waals surface area contributed by atoms with Crippen molar-refractivity contribution >= 4 is 11.3 Å². The van der Waals surface area contributed by atoms with Crippen molar-refractivity contribution in [3.8, 4) is 23.0 Å². The van der Waals surface area contributed by atoms with Gasteiger partial charge < -0.3 is 13.9 Å². The van der Waals surface area contributed by atoms with Gasteiger partial charge in [0.25, 0.3) is 0 Å². The molecule has 0 radical (unpaired) electrons. The van der Waals surface area contributed by atoms with Gasteiger partial charge in [-0.05, 0) is 55.5 Å². The number of thiophene rings is 1. The quantitative estimate of drug-likeness (QED) is 0.288.